The van der Waals surface area contributed by atoms with E-state index in [2.05, 4.69) is 37.3 Å². The van der Waals surface area contributed by atoms with E-state index < -0.39 is 0 Å². The fourth-order valence-electron chi connectivity index (χ4n) is 6.28. The van der Waals surface area contributed by atoms with Crippen molar-refractivity contribution < 1.29 is 14.2 Å². The molecule has 0 aromatic heterocycles. The van der Waals surface area contributed by atoms with Gasteiger partial charge in [-0.2, -0.15) is 0 Å². The highest BCUT2D eigenvalue weighted by Gasteiger charge is 2.53. The lowest BCUT2D eigenvalue weighted by molar-refractivity contribution is -0.205. The minimum atomic E-state index is 0.00115. The number of allylic oxidation sites excluding steroid dienone is 1. The number of ether oxygens (including phenoxy) is 3. The van der Waals surface area contributed by atoms with E-state index in [1.807, 2.05) is 0 Å². The average Bonchev–Trinajstić information content (AvgIpc) is 3.04. The first-order valence-electron chi connectivity index (χ1n) is 10.8. The van der Waals surface area contributed by atoms with E-state index >= 15 is 0 Å². The summed E-state index contributed by atoms with van der Waals surface area (Å²) in [6.07, 6.45) is 13.5. The zero-order valence-corrected chi connectivity index (χ0v) is 16.7. The Balaban J connectivity index is 1.36. The SMILES string of the molecule is COc1ccc2c(c1)CC[C@@H]1[C@@H]2CC[C@]2(C)[C@H](OC3CCCCO3)C=C[C@@H]12. The molecule has 3 nitrogen and oxygen atoms in total. The standard InChI is InChI=1S/C24H32O3/c1-24-13-12-19-18-9-7-17(25-2)15-16(18)6-8-20(19)21(24)10-11-22(24)27-23-5-3-4-14-26-23/h7,9-11,15,19-23H,3-6,8,12-14H2,1-2H3/t19-,20-,21+,22-,23?,24+/m1/s1. The number of hydrogen-bond donors (Lipinski definition) is 0. The van der Waals surface area contributed by atoms with Crippen LogP contribution >= 0.6 is 0 Å². The Morgan fingerprint density at radius 3 is 2.85 bits per heavy atom. The second kappa shape index (κ2) is 6.93. The first-order valence-corrected chi connectivity index (χ1v) is 10.8. The molecule has 0 spiro atoms. The van der Waals surface area contributed by atoms with Crippen molar-refractivity contribution in [1.82, 2.24) is 0 Å². The lowest BCUT2D eigenvalue weighted by atomic mass is 9.55. The highest BCUT2D eigenvalue weighted by molar-refractivity contribution is 5.41. The molecule has 1 saturated carbocycles. The van der Waals surface area contributed by atoms with E-state index in [1.54, 1.807) is 12.7 Å². The minimum Gasteiger partial charge on any atom is -0.497 e. The highest BCUT2D eigenvalue weighted by atomic mass is 16.7. The Bertz CT molecular complexity index is 720. The smallest absolute Gasteiger partial charge is 0.158 e. The average molecular weight is 369 g/mol. The van der Waals surface area contributed by atoms with Crippen molar-refractivity contribution >= 4 is 0 Å². The van der Waals surface area contributed by atoms with Gasteiger partial charge in [0.2, 0.25) is 0 Å². The Labute approximate surface area is 163 Å². The van der Waals surface area contributed by atoms with Gasteiger partial charge in [-0.05, 0) is 86.0 Å². The van der Waals surface area contributed by atoms with Crippen molar-refractivity contribution in [3.8, 4) is 5.75 Å². The number of aryl methyl sites for hydroxylation is 1. The second-order valence-corrected chi connectivity index (χ2v) is 9.18. The van der Waals surface area contributed by atoms with Gasteiger partial charge in [0.05, 0.1) is 13.2 Å². The first kappa shape index (κ1) is 17.8. The number of hydrogen-bond acceptors (Lipinski definition) is 3. The van der Waals surface area contributed by atoms with Crippen LogP contribution in [-0.2, 0) is 15.9 Å². The molecule has 1 heterocycles. The molecule has 3 aliphatic carbocycles. The van der Waals surface area contributed by atoms with Crippen LogP contribution in [0.25, 0.3) is 0 Å². The van der Waals surface area contributed by atoms with E-state index in [4.69, 9.17) is 14.2 Å². The van der Waals surface area contributed by atoms with Gasteiger partial charge in [-0.1, -0.05) is 25.1 Å². The third kappa shape index (κ3) is 2.94. The molecule has 27 heavy (non-hydrogen) atoms. The summed E-state index contributed by atoms with van der Waals surface area (Å²) in [5.41, 5.74) is 3.30. The van der Waals surface area contributed by atoms with Crippen LogP contribution in [0.15, 0.2) is 30.4 Å². The van der Waals surface area contributed by atoms with Gasteiger partial charge in [-0.3, -0.25) is 0 Å². The quantitative estimate of drug-likeness (QED) is 0.683. The third-order valence-electron chi connectivity index (χ3n) is 7.81. The topological polar surface area (TPSA) is 27.7 Å². The van der Waals surface area contributed by atoms with Crippen LogP contribution in [0.3, 0.4) is 0 Å². The van der Waals surface area contributed by atoms with Crippen molar-refractivity contribution in [3.05, 3.63) is 41.5 Å². The summed E-state index contributed by atoms with van der Waals surface area (Å²) < 4.78 is 17.8. The molecule has 1 saturated heterocycles. The zero-order chi connectivity index (χ0) is 18.4. The molecule has 146 valence electrons. The van der Waals surface area contributed by atoms with Crippen LogP contribution in [-0.4, -0.2) is 26.1 Å². The summed E-state index contributed by atoms with van der Waals surface area (Å²) in [7, 11) is 1.76. The minimum absolute atomic E-state index is 0.00115. The lowest BCUT2D eigenvalue weighted by Crippen LogP contribution is -2.46. The summed E-state index contributed by atoms with van der Waals surface area (Å²) in [4.78, 5) is 0. The molecule has 0 N–H and O–H groups in total. The van der Waals surface area contributed by atoms with Crippen LogP contribution in [0, 0.1) is 17.3 Å². The maximum Gasteiger partial charge on any atom is 0.158 e. The molecule has 1 aliphatic heterocycles. The number of benzene rings is 1. The highest BCUT2D eigenvalue weighted by Crippen LogP contribution is 2.59. The molecule has 0 amide bonds. The van der Waals surface area contributed by atoms with Crippen LogP contribution in [0.1, 0.15) is 62.5 Å². The molecule has 6 atom stereocenters. The fourth-order valence-corrected chi connectivity index (χ4v) is 6.28. The van der Waals surface area contributed by atoms with Gasteiger partial charge in [0, 0.05) is 12.0 Å². The van der Waals surface area contributed by atoms with Gasteiger partial charge in [-0.15, -0.1) is 0 Å². The molecule has 3 heteroatoms. The van der Waals surface area contributed by atoms with E-state index in [1.165, 1.54) is 44.1 Å². The monoisotopic (exact) mass is 368 g/mol. The molecular weight excluding hydrogens is 336 g/mol. The van der Waals surface area contributed by atoms with Gasteiger partial charge in [0.15, 0.2) is 6.29 Å². The summed E-state index contributed by atoms with van der Waals surface area (Å²) in [5.74, 6) is 3.04. The van der Waals surface area contributed by atoms with Crippen molar-refractivity contribution in [1.29, 1.82) is 0 Å². The Morgan fingerprint density at radius 2 is 2.04 bits per heavy atom. The van der Waals surface area contributed by atoms with Crippen LogP contribution in [0.4, 0.5) is 0 Å². The van der Waals surface area contributed by atoms with Crippen molar-refractivity contribution in [2.75, 3.05) is 13.7 Å². The molecular formula is C24H32O3. The molecule has 0 radical (unpaired) electrons. The third-order valence-corrected chi connectivity index (χ3v) is 7.81. The number of fused-ring (bicyclic) bond motifs is 5. The van der Waals surface area contributed by atoms with Gasteiger partial charge in [-0.25, -0.2) is 0 Å². The molecule has 1 aromatic carbocycles. The van der Waals surface area contributed by atoms with E-state index in [-0.39, 0.29) is 17.8 Å². The second-order valence-electron chi connectivity index (χ2n) is 9.18. The van der Waals surface area contributed by atoms with Crippen LogP contribution in [0.5, 0.6) is 5.75 Å². The predicted octanol–water partition coefficient (Wildman–Crippen LogP) is 5.24. The predicted molar refractivity (Wildman–Crippen MR) is 106 cm³/mol. The van der Waals surface area contributed by atoms with Gasteiger partial charge >= 0.3 is 0 Å². The maximum atomic E-state index is 6.48. The molecule has 1 unspecified atom stereocenters. The van der Waals surface area contributed by atoms with E-state index in [0.29, 0.717) is 11.8 Å². The normalized spacial score (nSPS) is 40.1. The molecule has 0 bridgehead atoms. The van der Waals surface area contributed by atoms with Crippen molar-refractivity contribution in [2.45, 2.75) is 70.2 Å². The van der Waals surface area contributed by atoms with Crippen molar-refractivity contribution in [2.24, 2.45) is 17.3 Å². The summed E-state index contributed by atoms with van der Waals surface area (Å²) in [6.45, 7) is 3.32. The van der Waals surface area contributed by atoms with Gasteiger partial charge in [0.1, 0.15) is 5.75 Å². The molecule has 2 fully saturated rings. The molecule has 1 aromatic rings. The van der Waals surface area contributed by atoms with Crippen LogP contribution in [0.2, 0.25) is 0 Å². The van der Waals surface area contributed by atoms with Gasteiger partial charge in [0.25, 0.3) is 0 Å². The summed E-state index contributed by atoms with van der Waals surface area (Å²) in [6, 6.07) is 6.73. The lowest BCUT2D eigenvalue weighted by Gasteiger charge is -2.51. The number of rotatable bonds is 3. The first-order chi connectivity index (χ1) is 13.2. The number of methoxy groups -OCH3 is 1. The molecule has 4 aliphatic rings. The fraction of sp³-hybridized carbons (Fsp3) is 0.667. The maximum absolute atomic E-state index is 6.48. The Morgan fingerprint density at radius 1 is 1.11 bits per heavy atom. The van der Waals surface area contributed by atoms with E-state index in [9.17, 15) is 0 Å². The van der Waals surface area contributed by atoms with Crippen molar-refractivity contribution in [3.63, 3.8) is 0 Å². The van der Waals surface area contributed by atoms with Gasteiger partial charge < -0.3 is 14.2 Å². The molecule has 5 rings (SSSR count). The summed E-state index contributed by atoms with van der Waals surface area (Å²) >= 11 is 0. The van der Waals surface area contributed by atoms with Crippen LogP contribution < -0.4 is 4.74 Å². The van der Waals surface area contributed by atoms with E-state index in [0.717, 1.165) is 24.7 Å². The summed E-state index contributed by atoms with van der Waals surface area (Å²) in [5, 5.41) is 0. The zero-order valence-electron chi connectivity index (χ0n) is 16.7. The largest absolute Gasteiger partial charge is 0.497 e. The Kier molecular flexibility index (Phi) is 4.56. The Hall–Kier alpha value is -1.32.